The van der Waals surface area contributed by atoms with Crippen molar-refractivity contribution < 1.29 is 14.3 Å². The molecule has 0 saturated heterocycles. The Bertz CT molecular complexity index is 838. The second kappa shape index (κ2) is 9.60. The average molecular weight is 432 g/mol. The van der Waals surface area contributed by atoms with Gasteiger partial charge in [0.25, 0.3) is 0 Å². The summed E-state index contributed by atoms with van der Waals surface area (Å²) < 4.78 is 5.54. The van der Waals surface area contributed by atoms with E-state index in [0.717, 1.165) is 11.3 Å². The van der Waals surface area contributed by atoms with Crippen molar-refractivity contribution in [1.82, 2.24) is 10.2 Å². The molecule has 6 nitrogen and oxygen atoms in total. The normalized spacial score (nSPS) is 17.1. The Balaban J connectivity index is 2.34. The number of thiocarbonyl (C=S) groups is 1. The monoisotopic (exact) mass is 431 g/mol. The molecule has 1 atom stereocenters. The first-order valence-electron chi connectivity index (χ1n) is 10.3. The Morgan fingerprint density at radius 3 is 2.33 bits per heavy atom. The summed E-state index contributed by atoms with van der Waals surface area (Å²) in [6.45, 7) is 14.5. The van der Waals surface area contributed by atoms with E-state index in [1.54, 1.807) is 0 Å². The lowest BCUT2D eigenvalue weighted by molar-refractivity contribution is -0.140. The van der Waals surface area contributed by atoms with Gasteiger partial charge in [0.2, 0.25) is 5.91 Å². The van der Waals surface area contributed by atoms with Crippen LogP contribution in [0.25, 0.3) is 0 Å². The summed E-state index contributed by atoms with van der Waals surface area (Å²) in [7, 11) is 0. The topological polar surface area (TPSA) is 70.7 Å². The van der Waals surface area contributed by atoms with E-state index in [-0.39, 0.29) is 17.8 Å². The molecule has 0 bridgehead atoms. The molecule has 1 amide bonds. The fourth-order valence-electron chi connectivity index (χ4n) is 3.07. The summed E-state index contributed by atoms with van der Waals surface area (Å²) in [5.74, 6) is -0.150. The van der Waals surface area contributed by atoms with Gasteiger partial charge in [-0.3, -0.25) is 4.79 Å². The van der Waals surface area contributed by atoms with E-state index >= 15 is 0 Å². The second-order valence-electron chi connectivity index (χ2n) is 8.94. The van der Waals surface area contributed by atoms with Gasteiger partial charge in [0.05, 0.1) is 18.2 Å². The number of esters is 1. The van der Waals surface area contributed by atoms with Crippen molar-refractivity contribution in [2.45, 2.75) is 54.5 Å². The fourth-order valence-corrected chi connectivity index (χ4v) is 3.46. The van der Waals surface area contributed by atoms with Crippen LogP contribution in [-0.4, -0.2) is 35.0 Å². The fraction of sp³-hybridized carbons (Fsp3) is 0.522. The average Bonchev–Trinajstić information content (AvgIpc) is 2.65. The minimum atomic E-state index is -0.480. The number of anilines is 1. The SMILES string of the molecule is CCN1C(=S)NC(c2ccc(NC(=O)C(C)(C)C)cc2)C(C(=O)OCC(C)C)=C1C. The predicted molar refractivity (Wildman–Crippen MR) is 124 cm³/mol. The zero-order valence-corrected chi connectivity index (χ0v) is 19.8. The summed E-state index contributed by atoms with van der Waals surface area (Å²) in [5.41, 5.74) is 2.45. The number of hydrogen-bond donors (Lipinski definition) is 2. The van der Waals surface area contributed by atoms with Crippen molar-refractivity contribution in [3.63, 3.8) is 0 Å². The molecule has 164 valence electrons. The third-order valence-electron chi connectivity index (χ3n) is 4.86. The molecule has 1 aliphatic rings. The van der Waals surface area contributed by atoms with E-state index in [4.69, 9.17) is 17.0 Å². The van der Waals surface area contributed by atoms with Crippen LogP contribution in [0, 0.1) is 11.3 Å². The highest BCUT2D eigenvalue weighted by molar-refractivity contribution is 7.80. The minimum absolute atomic E-state index is 0.0560. The zero-order valence-electron chi connectivity index (χ0n) is 19.0. The van der Waals surface area contributed by atoms with Gasteiger partial charge < -0.3 is 20.3 Å². The van der Waals surface area contributed by atoms with Crippen LogP contribution < -0.4 is 10.6 Å². The minimum Gasteiger partial charge on any atom is -0.462 e. The number of benzene rings is 1. The van der Waals surface area contributed by atoms with Crippen LogP contribution in [0.3, 0.4) is 0 Å². The maximum Gasteiger partial charge on any atom is 0.338 e. The number of nitrogens with zero attached hydrogens (tertiary/aromatic N) is 1. The van der Waals surface area contributed by atoms with Gasteiger partial charge in [-0.05, 0) is 49.7 Å². The summed E-state index contributed by atoms with van der Waals surface area (Å²) in [6.07, 6.45) is 0. The first-order chi connectivity index (χ1) is 14.0. The lowest BCUT2D eigenvalue weighted by atomic mass is 9.94. The molecule has 0 aliphatic carbocycles. The molecule has 1 unspecified atom stereocenters. The number of amides is 1. The molecule has 1 aromatic rings. The Morgan fingerprint density at radius 1 is 1.23 bits per heavy atom. The summed E-state index contributed by atoms with van der Waals surface area (Å²) in [6, 6.07) is 7.05. The summed E-state index contributed by atoms with van der Waals surface area (Å²) in [5, 5.41) is 6.77. The third-order valence-corrected chi connectivity index (χ3v) is 5.20. The van der Waals surface area contributed by atoms with E-state index in [2.05, 4.69) is 10.6 Å². The molecule has 0 fully saturated rings. The molecule has 1 aromatic carbocycles. The summed E-state index contributed by atoms with van der Waals surface area (Å²) >= 11 is 5.52. The highest BCUT2D eigenvalue weighted by Crippen LogP contribution is 2.32. The number of carbonyl (C=O) groups excluding carboxylic acids is 2. The van der Waals surface area contributed by atoms with Gasteiger partial charge in [-0.1, -0.05) is 46.8 Å². The Hall–Kier alpha value is -2.41. The van der Waals surface area contributed by atoms with E-state index in [1.807, 2.05) is 77.6 Å². The van der Waals surface area contributed by atoms with E-state index in [0.29, 0.717) is 29.5 Å². The van der Waals surface area contributed by atoms with Crippen molar-refractivity contribution >= 4 is 34.9 Å². The number of hydrogen-bond acceptors (Lipinski definition) is 4. The Morgan fingerprint density at radius 2 is 1.83 bits per heavy atom. The molecule has 2 rings (SSSR count). The van der Waals surface area contributed by atoms with Gasteiger partial charge >= 0.3 is 5.97 Å². The molecule has 0 spiro atoms. The van der Waals surface area contributed by atoms with Crippen molar-refractivity contribution in [2.75, 3.05) is 18.5 Å². The molecule has 0 saturated carbocycles. The smallest absolute Gasteiger partial charge is 0.338 e. The van der Waals surface area contributed by atoms with Gasteiger partial charge in [0, 0.05) is 23.3 Å². The second-order valence-corrected chi connectivity index (χ2v) is 9.33. The van der Waals surface area contributed by atoms with Gasteiger partial charge in [0.1, 0.15) is 0 Å². The number of allylic oxidation sites excluding steroid dienone is 1. The number of rotatable bonds is 6. The summed E-state index contributed by atoms with van der Waals surface area (Å²) in [4.78, 5) is 27.1. The molecule has 0 radical (unpaired) electrons. The first kappa shape index (κ1) is 23.9. The van der Waals surface area contributed by atoms with Crippen LogP contribution in [0.2, 0.25) is 0 Å². The van der Waals surface area contributed by atoms with Gasteiger partial charge in [-0.2, -0.15) is 0 Å². The third kappa shape index (κ3) is 5.59. The highest BCUT2D eigenvalue weighted by Gasteiger charge is 2.34. The van der Waals surface area contributed by atoms with Gasteiger partial charge in [0.15, 0.2) is 5.11 Å². The zero-order chi connectivity index (χ0) is 22.6. The van der Waals surface area contributed by atoms with Gasteiger partial charge in [-0.25, -0.2) is 4.79 Å². The van der Waals surface area contributed by atoms with Crippen molar-refractivity contribution in [2.24, 2.45) is 11.3 Å². The van der Waals surface area contributed by atoms with Crippen molar-refractivity contribution in [1.29, 1.82) is 0 Å². The van der Waals surface area contributed by atoms with Crippen LogP contribution in [0.15, 0.2) is 35.5 Å². The van der Waals surface area contributed by atoms with Crippen LogP contribution in [0.5, 0.6) is 0 Å². The van der Waals surface area contributed by atoms with Crippen LogP contribution in [0.4, 0.5) is 5.69 Å². The lowest BCUT2D eigenvalue weighted by Gasteiger charge is -2.37. The molecular weight excluding hydrogens is 398 g/mol. The number of nitrogens with one attached hydrogen (secondary N) is 2. The Labute approximate surface area is 185 Å². The van der Waals surface area contributed by atoms with Crippen molar-refractivity contribution in [3.05, 3.63) is 41.1 Å². The van der Waals surface area contributed by atoms with E-state index < -0.39 is 11.5 Å². The highest BCUT2D eigenvalue weighted by atomic mass is 32.1. The molecular formula is C23H33N3O3S. The maximum atomic E-state index is 12.9. The molecule has 2 N–H and O–H groups in total. The van der Waals surface area contributed by atoms with E-state index in [9.17, 15) is 9.59 Å². The van der Waals surface area contributed by atoms with Crippen LogP contribution >= 0.6 is 12.2 Å². The number of ether oxygens (including phenoxy) is 1. The molecule has 1 aliphatic heterocycles. The Kier molecular flexibility index (Phi) is 7.64. The lowest BCUT2D eigenvalue weighted by Crippen LogP contribution is -2.47. The largest absolute Gasteiger partial charge is 0.462 e. The standard InChI is InChI=1S/C23H33N3O3S/c1-8-26-15(4)18(20(27)29-13-14(2)3)19(25-22(26)30)16-9-11-17(12-10-16)24-21(28)23(5,6)7/h9-12,14,19H,8,13H2,1-7H3,(H,24,28)(H,25,30). The molecule has 30 heavy (non-hydrogen) atoms. The molecule has 7 heteroatoms. The molecule has 1 heterocycles. The molecule has 0 aromatic heterocycles. The first-order valence-corrected chi connectivity index (χ1v) is 10.7. The quantitative estimate of drug-likeness (QED) is 0.514. The van der Waals surface area contributed by atoms with Crippen molar-refractivity contribution in [3.8, 4) is 0 Å². The van der Waals surface area contributed by atoms with E-state index in [1.165, 1.54) is 0 Å². The maximum absolute atomic E-state index is 12.9. The predicted octanol–water partition coefficient (Wildman–Crippen LogP) is 4.40. The number of carbonyl (C=O) groups is 2. The van der Waals surface area contributed by atoms with Gasteiger partial charge in [-0.15, -0.1) is 0 Å². The van der Waals surface area contributed by atoms with Crippen LogP contribution in [0.1, 0.15) is 60.1 Å². The van der Waals surface area contributed by atoms with Crippen LogP contribution in [-0.2, 0) is 14.3 Å².